The van der Waals surface area contributed by atoms with E-state index in [9.17, 15) is 9.59 Å². The fourth-order valence-electron chi connectivity index (χ4n) is 6.85. The maximum absolute atomic E-state index is 14.1. The van der Waals surface area contributed by atoms with Gasteiger partial charge in [-0.15, -0.1) is 0 Å². The molecule has 1 amide bonds. The van der Waals surface area contributed by atoms with E-state index < -0.39 is 0 Å². The Morgan fingerprint density at radius 3 is 2.23 bits per heavy atom. The summed E-state index contributed by atoms with van der Waals surface area (Å²) in [6.45, 7) is 4.86. The molecule has 208 valence electrons. The predicted molar refractivity (Wildman–Crippen MR) is 158 cm³/mol. The Balaban J connectivity index is 1.47. The Kier molecular flexibility index (Phi) is 8.74. The summed E-state index contributed by atoms with van der Waals surface area (Å²) in [5.74, 6) is 1.61. The van der Waals surface area contributed by atoms with Crippen molar-refractivity contribution in [2.24, 2.45) is 5.92 Å². The largest absolute Gasteiger partial charge is 0.497 e. The molecule has 5 rings (SSSR count). The van der Waals surface area contributed by atoms with Crippen LogP contribution in [0.2, 0.25) is 0 Å². The summed E-state index contributed by atoms with van der Waals surface area (Å²) in [7, 11) is 1.66. The first-order valence-electron chi connectivity index (χ1n) is 15.0. The number of carbonyl (C=O) groups is 2. The maximum Gasteiger partial charge on any atom is 0.262 e. The van der Waals surface area contributed by atoms with Gasteiger partial charge in [-0.25, -0.2) is 0 Å². The number of nitrogens with zero attached hydrogens (tertiary/aromatic N) is 2. The second-order valence-corrected chi connectivity index (χ2v) is 11.8. The van der Waals surface area contributed by atoms with Crippen molar-refractivity contribution in [3.05, 3.63) is 64.8 Å². The van der Waals surface area contributed by atoms with E-state index in [0.29, 0.717) is 18.0 Å². The Hall–Kier alpha value is -3.08. The van der Waals surface area contributed by atoms with Gasteiger partial charge in [-0.2, -0.15) is 0 Å². The topological polar surface area (TPSA) is 51.5 Å². The van der Waals surface area contributed by atoms with E-state index in [1.807, 2.05) is 56.3 Å². The van der Waals surface area contributed by atoms with Gasteiger partial charge in [0, 0.05) is 29.2 Å². The van der Waals surface area contributed by atoms with Crippen molar-refractivity contribution < 1.29 is 14.3 Å². The minimum atomic E-state index is -0.0669. The molecule has 39 heavy (non-hydrogen) atoms. The van der Waals surface area contributed by atoms with Crippen molar-refractivity contribution in [3.63, 3.8) is 0 Å². The molecular formula is C34H44N2O3. The third kappa shape index (κ3) is 6.08. The Morgan fingerprint density at radius 1 is 0.897 bits per heavy atom. The SMILES string of the molecule is COc1ccc2c(c1)c(CC(=O)N(CCC1CCCCC1)C1CCCCC1)c(C)n2C(=O)c1ccc(C)cc1. The molecule has 0 unspecified atom stereocenters. The van der Waals surface area contributed by atoms with Gasteiger partial charge in [0.15, 0.2) is 0 Å². The molecule has 2 aromatic carbocycles. The molecule has 2 fully saturated rings. The van der Waals surface area contributed by atoms with Gasteiger partial charge < -0.3 is 9.64 Å². The van der Waals surface area contributed by atoms with Gasteiger partial charge in [-0.3, -0.25) is 14.2 Å². The molecule has 5 heteroatoms. The summed E-state index contributed by atoms with van der Waals surface area (Å²) < 4.78 is 7.34. The number of aromatic nitrogens is 1. The van der Waals surface area contributed by atoms with E-state index in [1.165, 1.54) is 51.4 Å². The van der Waals surface area contributed by atoms with Crippen molar-refractivity contribution >= 4 is 22.7 Å². The van der Waals surface area contributed by atoms with Gasteiger partial charge in [-0.1, -0.05) is 69.1 Å². The highest BCUT2D eigenvalue weighted by Gasteiger charge is 2.29. The molecular weight excluding hydrogens is 484 g/mol. The lowest BCUT2D eigenvalue weighted by atomic mass is 9.86. The minimum Gasteiger partial charge on any atom is -0.497 e. The van der Waals surface area contributed by atoms with Crippen LogP contribution in [-0.2, 0) is 11.2 Å². The summed E-state index contributed by atoms with van der Waals surface area (Å²) in [5, 5.41) is 0.927. The van der Waals surface area contributed by atoms with Crippen LogP contribution < -0.4 is 4.74 Å². The van der Waals surface area contributed by atoms with Crippen molar-refractivity contribution in [1.29, 1.82) is 0 Å². The van der Waals surface area contributed by atoms with Crippen molar-refractivity contribution in [2.45, 2.75) is 96.9 Å². The zero-order chi connectivity index (χ0) is 27.4. The Bertz CT molecular complexity index is 1290. The summed E-state index contributed by atoms with van der Waals surface area (Å²) in [5.41, 5.74) is 4.37. The van der Waals surface area contributed by atoms with Crippen LogP contribution in [0.25, 0.3) is 10.9 Å². The Labute approximate surface area is 233 Å². The molecule has 5 nitrogen and oxygen atoms in total. The Morgan fingerprint density at radius 2 is 1.56 bits per heavy atom. The highest BCUT2D eigenvalue weighted by Crippen LogP contribution is 2.33. The molecule has 3 aromatic rings. The predicted octanol–water partition coefficient (Wildman–Crippen LogP) is 7.63. The summed E-state index contributed by atoms with van der Waals surface area (Å²) >= 11 is 0. The standard InChI is InChI=1S/C34H44N2O3/c1-24-14-16-27(17-15-24)34(38)36-25(2)30(31-22-29(39-3)18-19-32(31)36)23-33(37)35(28-12-8-5-9-13-28)21-20-26-10-6-4-7-11-26/h14-19,22,26,28H,4-13,20-21,23H2,1-3H3. The first-order chi connectivity index (χ1) is 19.0. The van der Waals surface area contributed by atoms with Crippen LogP contribution in [0.4, 0.5) is 0 Å². The van der Waals surface area contributed by atoms with Crippen LogP contribution in [0.1, 0.15) is 97.8 Å². The average Bonchev–Trinajstić information content (AvgIpc) is 3.24. The maximum atomic E-state index is 14.1. The summed E-state index contributed by atoms with van der Waals surface area (Å²) in [6.07, 6.45) is 14.0. The van der Waals surface area contributed by atoms with Crippen LogP contribution in [0.15, 0.2) is 42.5 Å². The third-order valence-electron chi connectivity index (χ3n) is 9.21. The lowest BCUT2D eigenvalue weighted by Crippen LogP contribution is -2.43. The summed E-state index contributed by atoms with van der Waals surface area (Å²) in [6, 6.07) is 13.9. The van der Waals surface area contributed by atoms with Gasteiger partial charge in [0.25, 0.3) is 5.91 Å². The van der Waals surface area contributed by atoms with Crippen LogP contribution in [-0.4, -0.2) is 41.0 Å². The first kappa shape index (κ1) is 27.5. The molecule has 0 saturated heterocycles. The van der Waals surface area contributed by atoms with Crippen LogP contribution in [0.3, 0.4) is 0 Å². The molecule has 2 aliphatic rings. The lowest BCUT2D eigenvalue weighted by molar-refractivity contribution is -0.133. The van der Waals surface area contributed by atoms with Crippen molar-refractivity contribution in [3.8, 4) is 5.75 Å². The fraction of sp³-hybridized carbons (Fsp3) is 0.529. The average molecular weight is 529 g/mol. The van der Waals surface area contributed by atoms with Gasteiger partial charge in [0.2, 0.25) is 5.91 Å². The van der Waals surface area contributed by atoms with Crippen LogP contribution in [0, 0.1) is 19.8 Å². The van der Waals surface area contributed by atoms with E-state index in [0.717, 1.165) is 65.2 Å². The van der Waals surface area contributed by atoms with Crippen LogP contribution >= 0.6 is 0 Å². The number of ether oxygens (including phenoxy) is 1. The zero-order valence-electron chi connectivity index (χ0n) is 24.0. The van der Waals surface area contributed by atoms with E-state index in [-0.39, 0.29) is 11.8 Å². The number of benzene rings is 2. The van der Waals surface area contributed by atoms with Crippen molar-refractivity contribution in [1.82, 2.24) is 9.47 Å². The first-order valence-corrected chi connectivity index (χ1v) is 15.0. The second-order valence-electron chi connectivity index (χ2n) is 11.8. The summed E-state index contributed by atoms with van der Waals surface area (Å²) in [4.78, 5) is 30.1. The smallest absolute Gasteiger partial charge is 0.262 e. The normalized spacial score (nSPS) is 16.9. The molecule has 0 atom stereocenters. The number of hydrogen-bond acceptors (Lipinski definition) is 3. The van der Waals surface area contributed by atoms with Crippen LogP contribution in [0.5, 0.6) is 5.75 Å². The number of hydrogen-bond donors (Lipinski definition) is 0. The molecule has 2 aliphatic carbocycles. The molecule has 1 heterocycles. The van der Waals surface area contributed by atoms with E-state index >= 15 is 0 Å². The number of fused-ring (bicyclic) bond motifs is 1. The second kappa shape index (κ2) is 12.4. The van der Waals surface area contributed by atoms with E-state index in [4.69, 9.17) is 4.74 Å². The quantitative estimate of drug-likeness (QED) is 0.302. The number of rotatable bonds is 8. The van der Waals surface area contributed by atoms with Gasteiger partial charge in [-0.05, 0) is 74.9 Å². The van der Waals surface area contributed by atoms with E-state index in [1.54, 1.807) is 11.7 Å². The molecule has 0 bridgehead atoms. The lowest BCUT2D eigenvalue weighted by Gasteiger charge is -2.36. The highest BCUT2D eigenvalue weighted by atomic mass is 16.5. The monoisotopic (exact) mass is 528 g/mol. The number of amides is 1. The zero-order valence-corrected chi connectivity index (χ0v) is 24.0. The highest BCUT2D eigenvalue weighted by molar-refractivity contribution is 6.05. The molecule has 1 aromatic heterocycles. The fourth-order valence-corrected chi connectivity index (χ4v) is 6.85. The van der Waals surface area contributed by atoms with E-state index in [2.05, 4.69) is 4.90 Å². The molecule has 0 spiro atoms. The number of carbonyl (C=O) groups excluding carboxylic acids is 2. The van der Waals surface area contributed by atoms with Gasteiger partial charge in [0.05, 0.1) is 19.0 Å². The van der Waals surface area contributed by atoms with Crippen molar-refractivity contribution in [2.75, 3.05) is 13.7 Å². The molecule has 0 N–H and O–H groups in total. The molecule has 0 aliphatic heterocycles. The molecule has 2 saturated carbocycles. The number of aryl methyl sites for hydroxylation is 1. The van der Waals surface area contributed by atoms with Gasteiger partial charge in [0.1, 0.15) is 5.75 Å². The van der Waals surface area contributed by atoms with Gasteiger partial charge >= 0.3 is 0 Å². The minimum absolute atomic E-state index is 0.0669. The molecule has 0 radical (unpaired) electrons. The third-order valence-corrected chi connectivity index (χ3v) is 9.21. The number of methoxy groups -OCH3 is 1.